The van der Waals surface area contributed by atoms with E-state index < -0.39 is 8.32 Å². The topological polar surface area (TPSA) is 96.1 Å². The van der Waals surface area contributed by atoms with E-state index in [1.54, 1.807) is 6.20 Å². The molecule has 0 saturated carbocycles. The van der Waals surface area contributed by atoms with Gasteiger partial charge in [-0.1, -0.05) is 99.6 Å². The van der Waals surface area contributed by atoms with E-state index in [1.807, 2.05) is 54.6 Å². The molecule has 0 aliphatic heterocycles. The van der Waals surface area contributed by atoms with Crippen molar-refractivity contribution in [2.75, 3.05) is 17.2 Å². The summed E-state index contributed by atoms with van der Waals surface area (Å²) in [5.41, 5.74) is 4.78. The fourth-order valence-electron chi connectivity index (χ4n) is 6.70. The normalized spacial score (nSPS) is 14.9. The van der Waals surface area contributed by atoms with Crippen LogP contribution < -0.4 is 21.0 Å². The Bertz CT molecular complexity index is 1790. The average Bonchev–Trinajstić information content (AvgIpc) is 3.40. The van der Waals surface area contributed by atoms with Crippen molar-refractivity contribution in [1.29, 1.82) is 0 Å². The number of pyridine rings is 1. The Morgan fingerprint density at radius 2 is 1.52 bits per heavy atom. The number of carbonyl (C=O) groups is 2. The standard InChI is InChI=1S/C38H40N4O3Si/c1-26(43)40-34-24-28(20-21-39-34)36-37(41-29-14-8-5-9-15-29)35-32(42-36)22-27(23-33(35)44)25-45-46(38(2,3)4,30-16-10-6-11-17-30)31-18-12-7-13-19-31/h5-21,24,27,41-42H,22-23,25H2,1-4H3,(H,39,40,43). The van der Waals surface area contributed by atoms with Gasteiger partial charge in [0.2, 0.25) is 5.91 Å². The third kappa shape index (κ3) is 6.18. The van der Waals surface area contributed by atoms with E-state index in [0.29, 0.717) is 30.8 Å². The highest BCUT2D eigenvalue weighted by molar-refractivity contribution is 6.99. The van der Waals surface area contributed by atoms with Crippen LogP contribution in [0.1, 0.15) is 50.2 Å². The minimum atomic E-state index is -2.75. The molecule has 3 N–H and O–H groups in total. The molecule has 3 aromatic carbocycles. The lowest BCUT2D eigenvalue weighted by Gasteiger charge is -2.44. The molecular formula is C38H40N4O3Si. The third-order valence-electron chi connectivity index (χ3n) is 8.67. The first-order valence-corrected chi connectivity index (χ1v) is 17.7. The number of carbonyl (C=O) groups excluding carboxylic acids is 2. The summed E-state index contributed by atoms with van der Waals surface area (Å²) in [6.45, 7) is 8.73. The summed E-state index contributed by atoms with van der Waals surface area (Å²) in [6.07, 6.45) is 2.72. The quantitative estimate of drug-likeness (QED) is 0.151. The number of aromatic nitrogens is 2. The lowest BCUT2D eigenvalue weighted by atomic mass is 9.86. The SMILES string of the molecule is CC(=O)Nc1cc(-c2[nH]c3c(c2Nc2ccccc2)C(=O)CC(CO[Si](c2ccccc2)(c2ccccc2)C(C)(C)C)C3)ccn1. The molecule has 5 aromatic rings. The maximum atomic E-state index is 14.1. The van der Waals surface area contributed by atoms with Crippen molar-refractivity contribution in [2.24, 2.45) is 5.92 Å². The average molecular weight is 629 g/mol. The zero-order chi connectivity index (χ0) is 32.3. The number of anilines is 3. The van der Waals surface area contributed by atoms with E-state index in [4.69, 9.17) is 4.43 Å². The number of amides is 1. The lowest BCUT2D eigenvalue weighted by Crippen LogP contribution is -2.67. The fourth-order valence-corrected chi connectivity index (χ4v) is 11.3. The second-order valence-electron chi connectivity index (χ2n) is 13.0. The molecule has 1 aliphatic rings. The van der Waals surface area contributed by atoms with Crippen LogP contribution in [0.2, 0.25) is 5.04 Å². The van der Waals surface area contributed by atoms with Gasteiger partial charge in [-0.2, -0.15) is 0 Å². The van der Waals surface area contributed by atoms with Crippen molar-refractivity contribution < 1.29 is 14.0 Å². The molecular weight excluding hydrogens is 589 g/mol. The van der Waals surface area contributed by atoms with Crippen LogP contribution in [0.5, 0.6) is 0 Å². The van der Waals surface area contributed by atoms with Gasteiger partial charge in [0.1, 0.15) is 5.82 Å². The molecule has 0 bridgehead atoms. The Hall–Kier alpha value is -4.79. The Morgan fingerprint density at radius 1 is 0.913 bits per heavy atom. The molecule has 234 valence electrons. The number of hydrogen-bond donors (Lipinski definition) is 3. The van der Waals surface area contributed by atoms with Gasteiger partial charge >= 0.3 is 0 Å². The first-order valence-electron chi connectivity index (χ1n) is 15.7. The summed E-state index contributed by atoms with van der Waals surface area (Å²) in [6, 6.07) is 34.7. The summed E-state index contributed by atoms with van der Waals surface area (Å²) in [7, 11) is -2.75. The molecule has 0 spiro atoms. The van der Waals surface area contributed by atoms with E-state index in [0.717, 1.165) is 28.3 Å². The molecule has 0 radical (unpaired) electrons. The van der Waals surface area contributed by atoms with Crippen molar-refractivity contribution >= 4 is 47.6 Å². The number of Topliss-reactive ketones (excluding diaryl/α,β-unsaturated/α-hetero) is 1. The van der Waals surface area contributed by atoms with Crippen LogP contribution in [0, 0.1) is 5.92 Å². The molecule has 8 heteroatoms. The molecule has 2 heterocycles. The fraction of sp³-hybridized carbons (Fsp3) is 0.237. The number of aromatic amines is 1. The van der Waals surface area contributed by atoms with Crippen molar-refractivity contribution in [3.05, 3.63) is 121 Å². The minimum Gasteiger partial charge on any atom is -0.407 e. The number of fused-ring (bicyclic) bond motifs is 1. The highest BCUT2D eigenvalue weighted by atomic mass is 28.4. The largest absolute Gasteiger partial charge is 0.407 e. The van der Waals surface area contributed by atoms with Gasteiger partial charge in [-0.3, -0.25) is 9.59 Å². The number of rotatable bonds is 9. The molecule has 46 heavy (non-hydrogen) atoms. The van der Waals surface area contributed by atoms with Crippen LogP contribution in [0.15, 0.2) is 109 Å². The van der Waals surface area contributed by atoms with Gasteiger partial charge in [0.15, 0.2) is 5.78 Å². The van der Waals surface area contributed by atoms with E-state index in [9.17, 15) is 9.59 Å². The molecule has 7 nitrogen and oxygen atoms in total. The second-order valence-corrected chi connectivity index (χ2v) is 17.3. The van der Waals surface area contributed by atoms with Gasteiger partial charge in [-0.15, -0.1) is 0 Å². The summed E-state index contributed by atoms with van der Waals surface area (Å²) in [5.74, 6) is 0.336. The molecule has 1 amide bonds. The Balaban J connectivity index is 1.37. The Labute approximate surface area is 271 Å². The molecule has 0 saturated heterocycles. The van der Waals surface area contributed by atoms with Crippen molar-refractivity contribution in [2.45, 2.75) is 45.6 Å². The third-order valence-corrected chi connectivity index (χ3v) is 13.7. The summed E-state index contributed by atoms with van der Waals surface area (Å²) < 4.78 is 7.25. The summed E-state index contributed by atoms with van der Waals surface area (Å²) in [4.78, 5) is 33.7. The summed E-state index contributed by atoms with van der Waals surface area (Å²) in [5, 5.41) is 8.58. The van der Waals surface area contributed by atoms with Crippen LogP contribution >= 0.6 is 0 Å². The van der Waals surface area contributed by atoms with E-state index in [2.05, 4.69) is 89.9 Å². The van der Waals surface area contributed by atoms with E-state index in [1.165, 1.54) is 17.3 Å². The van der Waals surface area contributed by atoms with Gasteiger partial charge in [-0.25, -0.2) is 4.98 Å². The molecule has 0 fully saturated rings. The van der Waals surface area contributed by atoms with Crippen LogP contribution in [0.3, 0.4) is 0 Å². The van der Waals surface area contributed by atoms with Crippen molar-refractivity contribution in [1.82, 2.24) is 9.97 Å². The Morgan fingerprint density at radius 3 is 2.11 bits per heavy atom. The number of benzene rings is 3. The number of ketones is 1. The van der Waals surface area contributed by atoms with Crippen LogP contribution in [0.4, 0.5) is 17.2 Å². The molecule has 1 unspecified atom stereocenters. The Kier molecular flexibility index (Phi) is 8.75. The molecule has 1 atom stereocenters. The number of nitrogens with zero attached hydrogens (tertiary/aromatic N) is 1. The number of para-hydroxylation sites is 1. The van der Waals surface area contributed by atoms with Crippen LogP contribution in [-0.4, -0.2) is 36.6 Å². The lowest BCUT2D eigenvalue weighted by molar-refractivity contribution is -0.114. The maximum Gasteiger partial charge on any atom is 0.261 e. The second kappa shape index (κ2) is 12.9. The molecule has 6 rings (SSSR count). The van der Waals surface area contributed by atoms with Crippen molar-refractivity contribution in [3.63, 3.8) is 0 Å². The van der Waals surface area contributed by atoms with Gasteiger partial charge < -0.3 is 20.0 Å². The van der Waals surface area contributed by atoms with Gasteiger partial charge in [0.25, 0.3) is 8.32 Å². The number of H-pyrrole nitrogens is 1. The van der Waals surface area contributed by atoms with Crippen LogP contribution in [-0.2, 0) is 15.6 Å². The van der Waals surface area contributed by atoms with Gasteiger partial charge in [0.05, 0.1) is 16.9 Å². The zero-order valence-corrected chi connectivity index (χ0v) is 27.8. The van der Waals surface area contributed by atoms with Gasteiger partial charge in [0, 0.05) is 43.1 Å². The van der Waals surface area contributed by atoms with Crippen molar-refractivity contribution in [3.8, 4) is 11.3 Å². The minimum absolute atomic E-state index is 0.00473. The summed E-state index contributed by atoms with van der Waals surface area (Å²) >= 11 is 0. The first kappa shape index (κ1) is 31.2. The predicted octanol–water partition coefficient (Wildman–Crippen LogP) is 7.10. The van der Waals surface area contributed by atoms with E-state index in [-0.39, 0.29) is 22.6 Å². The van der Waals surface area contributed by atoms with E-state index >= 15 is 0 Å². The van der Waals surface area contributed by atoms with Gasteiger partial charge in [-0.05, 0) is 52.0 Å². The monoisotopic (exact) mass is 628 g/mol. The highest BCUT2D eigenvalue weighted by Crippen LogP contribution is 2.42. The first-order chi connectivity index (χ1) is 22.2. The predicted molar refractivity (Wildman–Crippen MR) is 188 cm³/mol. The molecule has 1 aliphatic carbocycles. The number of hydrogen-bond acceptors (Lipinski definition) is 5. The zero-order valence-electron chi connectivity index (χ0n) is 26.8. The smallest absolute Gasteiger partial charge is 0.261 e. The van der Waals surface area contributed by atoms with Crippen LogP contribution in [0.25, 0.3) is 11.3 Å². The maximum absolute atomic E-state index is 14.1. The molecule has 2 aromatic heterocycles. The number of nitrogens with one attached hydrogen (secondary N) is 3. The highest BCUT2D eigenvalue weighted by Gasteiger charge is 2.50.